The molecule has 0 aromatic heterocycles. The van der Waals surface area contributed by atoms with Gasteiger partial charge >= 0.3 is 6.09 Å². The number of alkyl halides is 2. The van der Waals surface area contributed by atoms with Crippen molar-refractivity contribution in [3.63, 3.8) is 0 Å². The van der Waals surface area contributed by atoms with Crippen molar-refractivity contribution in [2.24, 2.45) is 5.41 Å². The maximum atomic E-state index is 13.4. The molecule has 8 heteroatoms. The first-order chi connectivity index (χ1) is 12.1. The molecule has 0 aromatic carbocycles. The number of piperidine rings is 1. The van der Waals surface area contributed by atoms with Crippen molar-refractivity contribution in [3.8, 4) is 0 Å². The van der Waals surface area contributed by atoms with E-state index in [-0.39, 0.29) is 17.4 Å². The van der Waals surface area contributed by atoms with Crippen LogP contribution in [0.5, 0.6) is 0 Å². The van der Waals surface area contributed by atoms with Crippen molar-refractivity contribution in [3.05, 3.63) is 0 Å². The predicted octanol–water partition coefficient (Wildman–Crippen LogP) is 2.49. The van der Waals surface area contributed by atoms with Crippen LogP contribution < -0.4 is 0 Å². The Morgan fingerprint density at radius 2 is 1.85 bits per heavy atom. The minimum Gasteiger partial charge on any atom is -0.465 e. The molecule has 26 heavy (non-hydrogen) atoms. The normalized spacial score (nSPS) is 30.5. The van der Waals surface area contributed by atoms with E-state index >= 15 is 0 Å². The molecule has 0 bridgehead atoms. The molecule has 148 valence electrons. The van der Waals surface area contributed by atoms with E-state index in [1.54, 1.807) is 0 Å². The second kappa shape index (κ2) is 6.94. The Morgan fingerprint density at radius 3 is 2.31 bits per heavy atom. The van der Waals surface area contributed by atoms with E-state index in [1.165, 1.54) is 16.7 Å². The van der Waals surface area contributed by atoms with Gasteiger partial charge in [-0.3, -0.25) is 4.79 Å². The number of hydrogen-bond acceptors (Lipinski definition) is 3. The number of hydrogen-bond donors (Lipinski definition) is 1. The summed E-state index contributed by atoms with van der Waals surface area (Å²) in [4.78, 5) is 28.1. The van der Waals surface area contributed by atoms with Gasteiger partial charge < -0.3 is 19.8 Å². The summed E-state index contributed by atoms with van der Waals surface area (Å²) < 4.78 is 26.7. The van der Waals surface area contributed by atoms with Crippen LogP contribution in [0.25, 0.3) is 0 Å². The minimum atomic E-state index is -2.87. The Morgan fingerprint density at radius 1 is 1.23 bits per heavy atom. The smallest absolute Gasteiger partial charge is 0.407 e. The number of nitrogens with zero attached hydrogens (tertiary/aromatic N) is 3. The number of rotatable bonds is 4. The number of halogens is 2. The Labute approximate surface area is 153 Å². The lowest BCUT2D eigenvalue weighted by Gasteiger charge is -2.52. The number of carbonyl (C=O) groups is 2. The maximum absolute atomic E-state index is 13.4. The quantitative estimate of drug-likeness (QED) is 0.822. The molecule has 2 amide bonds. The zero-order valence-electron chi connectivity index (χ0n) is 15.6. The molecule has 2 aliphatic heterocycles. The van der Waals surface area contributed by atoms with E-state index in [2.05, 4.69) is 4.90 Å². The van der Waals surface area contributed by atoms with Crippen LogP contribution in [0.15, 0.2) is 0 Å². The van der Waals surface area contributed by atoms with Crippen molar-refractivity contribution in [2.45, 2.75) is 64.0 Å². The summed E-state index contributed by atoms with van der Waals surface area (Å²) in [5.74, 6) is -3.16. The fourth-order valence-electron chi connectivity index (χ4n) is 4.99. The van der Waals surface area contributed by atoms with Gasteiger partial charge in [0.05, 0.1) is 6.54 Å². The number of amides is 2. The van der Waals surface area contributed by atoms with Crippen molar-refractivity contribution >= 4 is 12.0 Å². The van der Waals surface area contributed by atoms with Gasteiger partial charge in [0.15, 0.2) is 0 Å². The van der Waals surface area contributed by atoms with Gasteiger partial charge in [-0.2, -0.15) is 0 Å². The van der Waals surface area contributed by atoms with Crippen molar-refractivity contribution in [1.29, 1.82) is 0 Å². The summed E-state index contributed by atoms with van der Waals surface area (Å²) in [6, 6.07) is 0.348. The molecule has 1 spiro atoms. The molecule has 1 saturated carbocycles. The predicted molar refractivity (Wildman–Crippen MR) is 92.3 cm³/mol. The number of likely N-dealkylation sites (tertiary alicyclic amines) is 2. The second-order valence-corrected chi connectivity index (χ2v) is 8.50. The third kappa shape index (κ3) is 4.10. The topological polar surface area (TPSA) is 64.1 Å². The third-order valence-electron chi connectivity index (χ3n) is 6.35. The van der Waals surface area contributed by atoms with Crippen molar-refractivity contribution in [2.75, 3.05) is 32.7 Å². The van der Waals surface area contributed by atoms with Gasteiger partial charge in [-0.15, -0.1) is 0 Å². The summed E-state index contributed by atoms with van der Waals surface area (Å²) in [5.41, 5.74) is 0.148. The molecule has 3 fully saturated rings. The summed E-state index contributed by atoms with van der Waals surface area (Å²) in [6.07, 6.45) is 3.59. The lowest BCUT2D eigenvalue weighted by molar-refractivity contribution is -0.138. The van der Waals surface area contributed by atoms with Gasteiger partial charge in [0.1, 0.15) is 0 Å². The first-order valence-corrected chi connectivity index (χ1v) is 9.46. The van der Waals surface area contributed by atoms with Crippen LogP contribution in [-0.4, -0.2) is 82.5 Å². The number of carbonyl (C=O) groups excluding carboxylic acids is 1. The average Bonchev–Trinajstić information content (AvgIpc) is 2.96. The van der Waals surface area contributed by atoms with Gasteiger partial charge in [-0.1, -0.05) is 0 Å². The molecule has 0 unspecified atom stereocenters. The third-order valence-corrected chi connectivity index (χ3v) is 6.35. The van der Waals surface area contributed by atoms with E-state index in [9.17, 15) is 18.4 Å². The van der Waals surface area contributed by atoms with E-state index in [0.29, 0.717) is 19.1 Å². The van der Waals surface area contributed by atoms with Gasteiger partial charge in [-0.05, 0) is 37.5 Å². The highest BCUT2D eigenvalue weighted by molar-refractivity contribution is 5.73. The standard InChI is InChI=1S/C18H29F2N3O3/c1-13(24)23(11-17(2,19)20)14-3-6-21(7-4-14)15-9-18(10-15)5-8-22(12-18)16(25)26/h14-15H,3-12H2,1-2H3,(H,25,26). The molecule has 2 saturated heterocycles. The SMILES string of the molecule is CC(=O)N(CC(C)(F)F)C1CCN(C2CC3(CCN(C(=O)O)C3)C2)CC1. The zero-order chi connectivity index (χ0) is 19.1. The monoisotopic (exact) mass is 373 g/mol. The van der Waals surface area contributed by atoms with Crippen LogP contribution in [0.1, 0.15) is 46.0 Å². The largest absolute Gasteiger partial charge is 0.465 e. The van der Waals surface area contributed by atoms with Gasteiger partial charge in [0, 0.05) is 52.1 Å². The van der Waals surface area contributed by atoms with Crippen LogP contribution in [0.4, 0.5) is 13.6 Å². The molecule has 2 heterocycles. The van der Waals surface area contributed by atoms with Crippen LogP contribution in [0, 0.1) is 5.41 Å². The zero-order valence-corrected chi connectivity index (χ0v) is 15.6. The number of carboxylic acid groups (broad SMARTS) is 1. The molecule has 0 atom stereocenters. The van der Waals surface area contributed by atoms with Gasteiger partial charge in [0.2, 0.25) is 5.91 Å². The summed E-state index contributed by atoms with van der Waals surface area (Å²) >= 11 is 0. The second-order valence-electron chi connectivity index (χ2n) is 8.50. The Hall–Kier alpha value is -1.44. The van der Waals surface area contributed by atoms with Crippen LogP contribution in [0.2, 0.25) is 0 Å². The molecule has 1 N–H and O–H groups in total. The van der Waals surface area contributed by atoms with E-state index in [0.717, 1.165) is 52.1 Å². The molecular weight excluding hydrogens is 344 g/mol. The lowest BCUT2D eigenvalue weighted by atomic mass is 9.64. The Kier molecular flexibility index (Phi) is 5.16. The first-order valence-electron chi connectivity index (χ1n) is 9.46. The highest BCUT2D eigenvalue weighted by atomic mass is 19.3. The summed E-state index contributed by atoms with van der Waals surface area (Å²) in [7, 11) is 0. The summed E-state index contributed by atoms with van der Waals surface area (Å²) in [5, 5.41) is 9.12. The molecule has 3 rings (SSSR count). The van der Waals surface area contributed by atoms with Crippen LogP contribution in [-0.2, 0) is 4.79 Å². The molecule has 0 radical (unpaired) electrons. The van der Waals surface area contributed by atoms with Gasteiger partial charge in [-0.25, -0.2) is 13.6 Å². The average molecular weight is 373 g/mol. The van der Waals surface area contributed by atoms with Crippen molar-refractivity contribution in [1.82, 2.24) is 14.7 Å². The van der Waals surface area contributed by atoms with Crippen molar-refractivity contribution < 1.29 is 23.5 Å². The van der Waals surface area contributed by atoms with E-state index in [4.69, 9.17) is 5.11 Å². The highest BCUT2D eigenvalue weighted by Gasteiger charge is 2.51. The molecular formula is C18H29F2N3O3. The first kappa shape index (κ1) is 19.3. The fraction of sp³-hybridized carbons (Fsp3) is 0.889. The van der Waals surface area contributed by atoms with E-state index < -0.39 is 18.6 Å². The van der Waals surface area contributed by atoms with Gasteiger partial charge in [0.25, 0.3) is 5.92 Å². The minimum absolute atomic E-state index is 0.113. The molecule has 3 aliphatic rings. The Bertz CT molecular complexity index is 552. The fourth-order valence-corrected chi connectivity index (χ4v) is 4.99. The molecule has 1 aliphatic carbocycles. The summed E-state index contributed by atoms with van der Waals surface area (Å²) in [6.45, 7) is 4.60. The Balaban J connectivity index is 1.48. The van der Waals surface area contributed by atoms with Crippen LogP contribution in [0.3, 0.4) is 0 Å². The lowest BCUT2D eigenvalue weighted by Crippen LogP contribution is -2.57. The highest BCUT2D eigenvalue weighted by Crippen LogP contribution is 2.50. The van der Waals surface area contributed by atoms with E-state index in [1.807, 2.05) is 0 Å². The molecule has 0 aromatic rings. The van der Waals surface area contributed by atoms with Crippen LogP contribution >= 0.6 is 0 Å². The molecule has 6 nitrogen and oxygen atoms in total. The maximum Gasteiger partial charge on any atom is 0.407 e.